The molecule has 3 N–H and O–H groups in total. The third kappa shape index (κ3) is 5.17. The number of rotatable bonds is 9. The van der Waals surface area contributed by atoms with E-state index in [4.69, 9.17) is 15.6 Å². The molecule has 0 radical (unpaired) electrons. The number of aromatic nitrogens is 3. The van der Waals surface area contributed by atoms with E-state index in [-0.39, 0.29) is 24.9 Å². The van der Waals surface area contributed by atoms with Crippen LogP contribution >= 0.6 is 11.8 Å². The van der Waals surface area contributed by atoms with Crippen LogP contribution in [0.2, 0.25) is 0 Å². The molecule has 0 aromatic carbocycles. The molecule has 0 spiro atoms. The summed E-state index contributed by atoms with van der Waals surface area (Å²) in [5.41, 5.74) is 4.98. The Morgan fingerprint density at radius 2 is 2.15 bits per heavy atom. The van der Waals surface area contributed by atoms with E-state index in [1.807, 2.05) is 13.8 Å². The van der Waals surface area contributed by atoms with Crippen molar-refractivity contribution in [3.8, 4) is 0 Å². The molecule has 0 fully saturated rings. The molecule has 0 saturated carbocycles. The highest BCUT2D eigenvalue weighted by Crippen LogP contribution is 2.21. The van der Waals surface area contributed by atoms with Gasteiger partial charge >= 0.3 is 5.97 Å². The maximum Gasteiger partial charge on any atom is 0.313 e. The van der Waals surface area contributed by atoms with Gasteiger partial charge in [-0.2, -0.15) is 0 Å². The van der Waals surface area contributed by atoms with Crippen molar-refractivity contribution in [3.63, 3.8) is 0 Å². The fourth-order valence-electron chi connectivity index (χ4n) is 1.50. The smallest absolute Gasteiger partial charge is 0.313 e. The van der Waals surface area contributed by atoms with Gasteiger partial charge < -0.3 is 20.1 Å². The van der Waals surface area contributed by atoms with Crippen LogP contribution < -0.4 is 5.73 Å². The van der Waals surface area contributed by atoms with Gasteiger partial charge in [-0.25, -0.2) is 0 Å². The second-order valence-electron chi connectivity index (χ2n) is 4.35. The molecule has 0 aliphatic rings. The first-order valence-electron chi connectivity index (χ1n) is 6.05. The van der Waals surface area contributed by atoms with Gasteiger partial charge in [-0.1, -0.05) is 25.6 Å². The molecule has 1 heterocycles. The van der Waals surface area contributed by atoms with Crippen molar-refractivity contribution in [1.82, 2.24) is 14.8 Å². The van der Waals surface area contributed by atoms with E-state index in [1.54, 1.807) is 4.57 Å². The van der Waals surface area contributed by atoms with Crippen molar-refractivity contribution < 1.29 is 19.4 Å². The average Bonchev–Trinajstić information content (AvgIpc) is 2.75. The van der Waals surface area contributed by atoms with Gasteiger partial charge in [-0.15, -0.1) is 10.2 Å². The van der Waals surface area contributed by atoms with Crippen LogP contribution in [0.4, 0.5) is 0 Å². The molecule has 1 aromatic heterocycles. The Labute approximate surface area is 120 Å². The molecule has 9 heteroatoms. The van der Waals surface area contributed by atoms with Crippen molar-refractivity contribution in [2.24, 2.45) is 5.73 Å². The van der Waals surface area contributed by atoms with Crippen molar-refractivity contribution in [3.05, 3.63) is 5.82 Å². The Morgan fingerprint density at radius 3 is 2.70 bits per heavy atom. The van der Waals surface area contributed by atoms with Crippen LogP contribution in [0.25, 0.3) is 0 Å². The highest BCUT2D eigenvalue weighted by molar-refractivity contribution is 7.99. The number of nitrogens with zero attached hydrogens (tertiary/aromatic N) is 3. The van der Waals surface area contributed by atoms with Gasteiger partial charge in [-0.3, -0.25) is 9.59 Å². The first kappa shape index (κ1) is 16.4. The molecule has 0 aliphatic heterocycles. The van der Waals surface area contributed by atoms with E-state index in [9.17, 15) is 9.59 Å². The molecule has 20 heavy (non-hydrogen) atoms. The zero-order chi connectivity index (χ0) is 15.1. The monoisotopic (exact) mass is 302 g/mol. The lowest BCUT2D eigenvalue weighted by molar-refractivity contribution is -0.134. The number of hydrogen-bond donors (Lipinski definition) is 2. The third-order valence-electron chi connectivity index (χ3n) is 2.29. The first-order valence-corrected chi connectivity index (χ1v) is 7.04. The number of thioether (sulfide) groups is 1. The number of nitrogens with two attached hydrogens (primary N) is 1. The topological polar surface area (TPSA) is 120 Å². The summed E-state index contributed by atoms with van der Waals surface area (Å²) >= 11 is 1.10. The van der Waals surface area contributed by atoms with E-state index in [1.165, 1.54) is 0 Å². The molecule has 1 amide bonds. The van der Waals surface area contributed by atoms with Gasteiger partial charge in [0.25, 0.3) is 0 Å². The number of aliphatic carboxylic acids is 1. The second kappa shape index (κ2) is 7.85. The van der Waals surface area contributed by atoms with E-state index in [2.05, 4.69) is 10.2 Å². The molecule has 0 bridgehead atoms. The van der Waals surface area contributed by atoms with Crippen LogP contribution in [0.3, 0.4) is 0 Å². The van der Waals surface area contributed by atoms with Crippen LogP contribution in [0.1, 0.15) is 25.6 Å². The summed E-state index contributed by atoms with van der Waals surface area (Å²) in [4.78, 5) is 21.2. The van der Waals surface area contributed by atoms with Crippen LogP contribution in [-0.4, -0.2) is 50.7 Å². The van der Waals surface area contributed by atoms with Crippen LogP contribution in [-0.2, 0) is 20.9 Å². The largest absolute Gasteiger partial charge is 0.481 e. The summed E-state index contributed by atoms with van der Waals surface area (Å²) in [6, 6.07) is 0. The fourth-order valence-corrected chi connectivity index (χ4v) is 2.19. The molecule has 0 saturated heterocycles. The van der Waals surface area contributed by atoms with Gasteiger partial charge in [0.15, 0.2) is 5.16 Å². The number of ether oxygens (including phenoxy) is 1. The van der Waals surface area contributed by atoms with Crippen molar-refractivity contribution >= 4 is 23.6 Å². The van der Waals surface area contributed by atoms with Crippen molar-refractivity contribution in [2.75, 3.05) is 19.0 Å². The van der Waals surface area contributed by atoms with E-state index >= 15 is 0 Å². The van der Waals surface area contributed by atoms with Crippen LogP contribution in [0, 0.1) is 0 Å². The average molecular weight is 302 g/mol. The lowest BCUT2D eigenvalue weighted by atomic mass is 10.2. The summed E-state index contributed by atoms with van der Waals surface area (Å²) in [6.45, 7) is 4.51. The second-order valence-corrected chi connectivity index (χ2v) is 5.29. The number of carbonyl (C=O) groups excluding carboxylic acids is 1. The normalized spacial score (nSPS) is 10.9. The maximum absolute atomic E-state index is 10.6. The number of hydrogen-bond acceptors (Lipinski definition) is 6. The molecular formula is C11H18N4O4S. The summed E-state index contributed by atoms with van der Waals surface area (Å²) in [7, 11) is 0. The molecule has 0 atom stereocenters. The fraction of sp³-hybridized carbons (Fsp3) is 0.636. The summed E-state index contributed by atoms with van der Waals surface area (Å²) < 4.78 is 6.91. The number of carboxylic acids is 1. The molecule has 112 valence electrons. The number of carbonyl (C=O) groups is 2. The Kier molecular flexibility index (Phi) is 6.46. The minimum Gasteiger partial charge on any atom is -0.481 e. The zero-order valence-corrected chi connectivity index (χ0v) is 12.2. The van der Waals surface area contributed by atoms with Crippen molar-refractivity contribution in [1.29, 1.82) is 0 Å². The molecule has 1 rings (SSSR count). The van der Waals surface area contributed by atoms with Gasteiger partial charge in [0.1, 0.15) is 12.4 Å². The molecule has 0 unspecified atom stereocenters. The number of amides is 1. The molecule has 1 aromatic rings. The Balaban J connectivity index is 2.70. The van der Waals surface area contributed by atoms with Crippen LogP contribution in [0.15, 0.2) is 5.16 Å². The lowest BCUT2D eigenvalue weighted by Crippen LogP contribution is -2.20. The predicted molar refractivity (Wildman–Crippen MR) is 72.5 cm³/mol. The van der Waals surface area contributed by atoms with Gasteiger partial charge in [0, 0.05) is 12.5 Å². The highest BCUT2D eigenvalue weighted by Gasteiger charge is 2.16. The Hall–Kier alpha value is -1.61. The summed E-state index contributed by atoms with van der Waals surface area (Å²) in [5.74, 6) is -0.629. The first-order chi connectivity index (χ1) is 9.41. The Morgan fingerprint density at radius 1 is 1.45 bits per heavy atom. The summed E-state index contributed by atoms with van der Waals surface area (Å²) in [5, 5.41) is 17.3. The van der Waals surface area contributed by atoms with E-state index in [0.29, 0.717) is 11.7 Å². The lowest BCUT2D eigenvalue weighted by Gasteiger charge is -2.11. The zero-order valence-electron chi connectivity index (χ0n) is 11.4. The third-order valence-corrected chi connectivity index (χ3v) is 3.24. The predicted octanol–water partition coefficient (Wildman–Crippen LogP) is 0.0801. The summed E-state index contributed by atoms with van der Waals surface area (Å²) in [6.07, 6.45) is 0. The molecular weight excluding hydrogens is 284 g/mol. The SMILES string of the molecule is CC(C)c1nnc(SCC(=O)O)n1CCOCC(N)=O. The van der Waals surface area contributed by atoms with E-state index in [0.717, 1.165) is 17.6 Å². The number of primary amides is 1. The Bertz CT molecular complexity index is 475. The number of carboxylic acid groups (broad SMARTS) is 1. The quantitative estimate of drug-likeness (QED) is 0.489. The van der Waals surface area contributed by atoms with Crippen molar-refractivity contribution in [2.45, 2.75) is 31.5 Å². The van der Waals surface area contributed by atoms with E-state index < -0.39 is 11.9 Å². The maximum atomic E-state index is 10.6. The standard InChI is InChI=1S/C11H18N4O4S/c1-7(2)10-13-14-11(20-6-9(17)18)15(10)3-4-19-5-8(12)16/h7H,3-6H2,1-2H3,(H2,12,16)(H,17,18). The molecule has 8 nitrogen and oxygen atoms in total. The van der Waals surface area contributed by atoms with Gasteiger partial charge in [0.2, 0.25) is 5.91 Å². The van der Waals surface area contributed by atoms with Gasteiger partial charge in [-0.05, 0) is 0 Å². The minimum atomic E-state index is -0.916. The molecule has 0 aliphatic carbocycles. The van der Waals surface area contributed by atoms with Gasteiger partial charge in [0.05, 0.1) is 12.4 Å². The van der Waals surface area contributed by atoms with Crippen LogP contribution in [0.5, 0.6) is 0 Å². The highest BCUT2D eigenvalue weighted by atomic mass is 32.2. The minimum absolute atomic E-state index is 0.0849.